The minimum Gasteiger partial charge on any atom is -0.479 e. The van der Waals surface area contributed by atoms with Crippen LogP contribution >= 0.6 is 11.3 Å². The molecule has 0 atom stereocenters. The van der Waals surface area contributed by atoms with Crippen molar-refractivity contribution in [3.05, 3.63) is 54.4 Å². The van der Waals surface area contributed by atoms with E-state index in [2.05, 4.69) is 24.8 Å². The number of hydrogen-bond acceptors (Lipinski definition) is 2. The van der Waals surface area contributed by atoms with E-state index in [1.807, 2.05) is 23.6 Å². The molecule has 1 heterocycles. The van der Waals surface area contributed by atoms with Gasteiger partial charge in [0.1, 0.15) is 6.61 Å². The highest BCUT2D eigenvalue weighted by molar-refractivity contribution is 7.12. The Hall–Kier alpha value is -1.54. The number of hydrogen-bond donors (Lipinski definition) is 0. The summed E-state index contributed by atoms with van der Waals surface area (Å²) in [5.41, 5.74) is 2.35. The van der Waals surface area contributed by atoms with Gasteiger partial charge in [-0.25, -0.2) is 0 Å². The second kappa shape index (κ2) is 4.80. The third kappa shape index (κ3) is 2.28. The second-order valence-corrected chi connectivity index (χ2v) is 3.97. The topological polar surface area (TPSA) is 9.23 Å². The first-order chi connectivity index (χ1) is 7.42. The van der Waals surface area contributed by atoms with Gasteiger partial charge in [-0.2, -0.15) is 0 Å². The average Bonchev–Trinajstić information content (AvgIpc) is 2.75. The molecule has 2 heteroatoms. The van der Waals surface area contributed by atoms with Crippen LogP contribution in [0.25, 0.3) is 11.1 Å². The summed E-state index contributed by atoms with van der Waals surface area (Å²) in [6.45, 7) is 4.20. The third-order valence-corrected chi connectivity index (χ3v) is 2.87. The van der Waals surface area contributed by atoms with Gasteiger partial charge < -0.3 is 4.74 Å². The molecule has 0 saturated carbocycles. The fourth-order valence-corrected chi connectivity index (χ4v) is 2.15. The molecular weight excluding hydrogens is 204 g/mol. The Labute approximate surface area is 93.6 Å². The summed E-state index contributed by atoms with van der Waals surface area (Å²) in [6.07, 6.45) is 1.76. The van der Waals surface area contributed by atoms with Crippen molar-refractivity contribution in [2.45, 2.75) is 0 Å². The van der Waals surface area contributed by atoms with Crippen LogP contribution in [0.5, 0.6) is 5.06 Å². The Bertz CT molecular complexity index is 431. The zero-order valence-electron chi connectivity index (χ0n) is 8.35. The maximum Gasteiger partial charge on any atom is 0.182 e. The molecule has 76 valence electrons. The maximum atomic E-state index is 5.58. The van der Waals surface area contributed by atoms with Crippen LogP contribution in [0, 0.1) is 0 Å². The van der Waals surface area contributed by atoms with Crippen LogP contribution in [-0.2, 0) is 0 Å². The Morgan fingerprint density at radius 1 is 1.20 bits per heavy atom. The molecule has 1 aromatic heterocycles. The minimum atomic E-state index is 0.556. The van der Waals surface area contributed by atoms with Gasteiger partial charge in [0.05, 0.1) is 0 Å². The molecule has 0 fully saturated rings. The van der Waals surface area contributed by atoms with E-state index in [0.29, 0.717) is 6.61 Å². The van der Waals surface area contributed by atoms with E-state index >= 15 is 0 Å². The van der Waals surface area contributed by atoms with Crippen LogP contribution in [0.4, 0.5) is 0 Å². The lowest BCUT2D eigenvalue weighted by Crippen LogP contribution is -1.91. The highest BCUT2D eigenvalue weighted by Crippen LogP contribution is 2.34. The van der Waals surface area contributed by atoms with Crippen molar-refractivity contribution in [3.8, 4) is 16.2 Å². The highest BCUT2D eigenvalue weighted by atomic mass is 32.1. The van der Waals surface area contributed by atoms with E-state index in [0.717, 1.165) is 10.6 Å². The molecule has 2 rings (SSSR count). The van der Waals surface area contributed by atoms with Crippen LogP contribution in [0.15, 0.2) is 54.4 Å². The van der Waals surface area contributed by atoms with Gasteiger partial charge in [-0.3, -0.25) is 0 Å². The van der Waals surface area contributed by atoms with Crippen LogP contribution in [-0.4, -0.2) is 6.61 Å². The van der Waals surface area contributed by atoms with Crippen molar-refractivity contribution in [1.29, 1.82) is 0 Å². The van der Waals surface area contributed by atoms with Gasteiger partial charge in [0.2, 0.25) is 0 Å². The number of benzene rings is 1. The van der Waals surface area contributed by atoms with Crippen molar-refractivity contribution in [2.24, 2.45) is 0 Å². The summed E-state index contributed by atoms with van der Waals surface area (Å²) in [7, 11) is 0. The van der Waals surface area contributed by atoms with Gasteiger partial charge in [0.25, 0.3) is 0 Å². The molecule has 0 aliphatic carbocycles. The van der Waals surface area contributed by atoms with Crippen LogP contribution in [0.1, 0.15) is 0 Å². The van der Waals surface area contributed by atoms with Gasteiger partial charge in [-0.1, -0.05) is 43.0 Å². The summed E-state index contributed by atoms with van der Waals surface area (Å²) in [5, 5.41) is 3.00. The lowest BCUT2D eigenvalue weighted by atomic mass is 10.1. The summed E-state index contributed by atoms with van der Waals surface area (Å²) in [4.78, 5) is 0. The van der Waals surface area contributed by atoms with Crippen molar-refractivity contribution in [3.63, 3.8) is 0 Å². The number of rotatable bonds is 4. The van der Waals surface area contributed by atoms with Crippen molar-refractivity contribution >= 4 is 11.3 Å². The Morgan fingerprint density at radius 3 is 2.73 bits per heavy atom. The lowest BCUT2D eigenvalue weighted by Gasteiger charge is -2.04. The normalized spacial score (nSPS) is 9.87. The van der Waals surface area contributed by atoms with Gasteiger partial charge in [-0.15, -0.1) is 11.3 Å². The molecule has 0 saturated heterocycles. The average molecular weight is 216 g/mol. The lowest BCUT2D eigenvalue weighted by molar-refractivity contribution is 0.375. The molecule has 1 nitrogen and oxygen atoms in total. The molecule has 1 aromatic carbocycles. The molecule has 0 aliphatic heterocycles. The third-order valence-electron chi connectivity index (χ3n) is 2.05. The molecule has 15 heavy (non-hydrogen) atoms. The van der Waals surface area contributed by atoms with Crippen molar-refractivity contribution in [1.82, 2.24) is 0 Å². The fourth-order valence-electron chi connectivity index (χ4n) is 1.37. The first kappa shape index (κ1) is 9.99. The Morgan fingerprint density at radius 2 is 2.00 bits per heavy atom. The first-order valence-electron chi connectivity index (χ1n) is 4.78. The minimum absolute atomic E-state index is 0.556. The van der Waals surface area contributed by atoms with E-state index in [1.54, 1.807) is 17.4 Å². The second-order valence-electron chi connectivity index (χ2n) is 3.09. The zero-order valence-corrected chi connectivity index (χ0v) is 9.17. The molecule has 0 N–H and O–H groups in total. The van der Waals surface area contributed by atoms with E-state index < -0.39 is 0 Å². The van der Waals surface area contributed by atoms with E-state index in [-0.39, 0.29) is 0 Å². The fraction of sp³-hybridized carbons (Fsp3) is 0.0769. The molecule has 0 amide bonds. The van der Waals surface area contributed by atoms with Gasteiger partial charge in [-0.05, 0) is 17.0 Å². The van der Waals surface area contributed by atoms with Crippen LogP contribution in [0.2, 0.25) is 0 Å². The largest absolute Gasteiger partial charge is 0.479 e. The van der Waals surface area contributed by atoms with E-state index in [4.69, 9.17) is 4.74 Å². The van der Waals surface area contributed by atoms with E-state index in [1.165, 1.54) is 5.56 Å². The van der Waals surface area contributed by atoms with Gasteiger partial charge in [0, 0.05) is 5.56 Å². The Kier molecular flexibility index (Phi) is 3.20. The zero-order chi connectivity index (χ0) is 10.5. The predicted molar refractivity (Wildman–Crippen MR) is 65.4 cm³/mol. The Balaban J connectivity index is 2.29. The quantitative estimate of drug-likeness (QED) is 0.702. The summed E-state index contributed by atoms with van der Waals surface area (Å²) in [5.74, 6) is 0. The highest BCUT2D eigenvalue weighted by Gasteiger charge is 2.06. The summed E-state index contributed by atoms with van der Waals surface area (Å²) < 4.78 is 5.58. The molecule has 0 radical (unpaired) electrons. The monoisotopic (exact) mass is 216 g/mol. The van der Waals surface area contributed by atoms with Crippen LogP contribution < -0.4 is 4.74 Å². The molecule has 0 aliphatic rings. The smallest absolute Gasteiger partial charge is 0.182 e. The standard InChI is InChI=1S/C13H12OS/c1-2-9-14-13-12(8-10-15-13)11-6-4-3-5-7-11/h2-8,10H,1,9H2. The molecule has 0 unspecified atom stereocenters. The van der Waals surface area contributed by atoms with Gasteiger partial charge >= 0.3 is 0 Å². The number of thiophene rings is 1. The van der Waals surface area contributed by atoms with Crippen LogP contribution in [0.3, 0.4) is 0 Å². The van der Waals surface area contributed by atoms with Crippen molar-refractivity contribution < 1.29 is 4.74 Å². The van der Waals surface area contributed by atoms with Crippen molar-refractivity contribution in [2.75, 3.05) is 6.61 Å². The molecule has 2 aromatic rings. The molecular formula is C13H12OS. The summed E-state index contributed by atoms with van der Waals surface area (Å²) in [6, 6.07) is 12.3. The van der Waals surface area contributed by atoms with Gasteiger partial charge in [0.15, 0.2) is 5.06 Å². The summed E-state index contributed by atoms with van der Waals surface area (Å²) >= 11 is 1.61. The maximum absolute atomic E-state index is 5.58. The first-order valence-corrected chi connectivity index (χ1v) is 5.66. The SMILES string of the molecule is C=CCOc1sccc1-c1ccccc1. The molecule has 0 spiro atoms. The van der Waals surface area contributed by atoms with E-state index in [9.17, 15) is 0 Å². The number of ether oxygens (including phenoxy) is 1. The molecule has 0 bridgehead atoms. The predicted octanol–water partition coefficient (Wildman–Crippen LogP) is 3.98.